The summed E-state index contributed by atoms with van der Waals surface area (Å²) in [7, 11) is 1.22. The van der Waals surface area contributed by atoms with Gasteiger partial charge in [-0.15, -0.1) is 11.3 Å². The molecular formula is C19H13Cl2F3O3S. The number of benzene rings is 1. The van der Waals surface area contributed by atoms with Crippen LogP contribution in [0.4, 0.5) is 13.2 Å². The lowest BCUT2D eigenvalue weighted by molar-refractivity contribution is -0.0689. The minimum atomic E-state index is -4.80. The third-order valence-corrected chi connectivity index (χ3v) is 6.02. The molecule has 1 aromatic heterocycles. The van der Waals surface area contributed by atoms with E-state index in [1.165, 1.54) is 13.2 Å². The molecule has 0 radical (unpaired) electrons. The summed E-state index contributed by atoms with van der Waals surface area (Å²) in [5, 5.41) is 0.0465. The second-order valence-electron chi connectivity index (χ2n) is 6.14. The van der Waals surface area contributed by atoms with Crippen LogP contribution in [-0.4, -0.2) is 25.0 Å². The van der Waals surface area contributed by atoms with E-state index in [2.05, 4.69) is 0 Å². The molecule has 0 atom stereocenters. The number of thiophene rings is 1. The topological polar surface area (TPSA) is 43.4 Å². The summed E-state index contributed by atoms with van der Waals surface area (Å²) in [5.74, 6) is -1.41. The Hall–Kier alpha value is -1.83. The van der Waals surface area contributed by atoms with Crippen molar-refractivity contribution in [3.63, 3.8) is 0 Å². The van der Waals surface area contributed by atoms with Crippen molar-refractivity contribution >= 4 is 51.9 Å². The van der Waals surface area contributed by atoms with Gasteiger partial charge in [-0.25, -0.2) is 4.79 Å². The van der Waals surface area contributed by atoms with Gasteiger partial charge in [0.2, 0.25) is 0 Å². The van der Waals surface area contributed by atoms with Crippen molar-refractivity contribution in [1.29, 1.82) is 0 Å². The quantitative estimate of drug-likeness (QED) is 0.319. The fourth-order valence-corrected chi connectivity index (χ4v) is 4.91. The predicted molar refractivity (Wildman–Crippen MR) is 103 cm³/mol. The highest BCUT2D eigenvalue weighted by Crippen LogP contribution is 2.39. The van der Waals surface area contributed by atoms with E-state index in [1.54, 1.807) is 0 Å². The fraction of sp³-hybridized carbons (Fsp3) is 0.263. The summed E-state index contributed by atoms with van der Waals surface area (Å²) < 4.78 is 45.6. The smallest absolute Gasteiger partial charge is 0.417 e. The van der Waals surface area contributed by atoms with Crippen LogP contribution in [0.3, 0.4) is 0 Å². The number of hydrogen-bond acceptors (Lipinski definition) is 4. The molecule has 0 saturated heterocycles. The lowest BCUT2D eigenvalue weighted by Crippen LogP contribution is -2.13. The molecule has 1 heterocycles. The minimum Gasteiger partial charge on any atom is -0.465 e. The molecule has 0 saturated carbocycles. The lowest BCUT2D eigenvalue weighted by Gasteiger charge is -2.13. The van der Waals surface area contributed by atoms with E-state index in [9.17, 15) is 22.8 Å². The van der Waals surface area contributed by atoms with Crippen LogP contribution in [0.5, 0.6) is 0 Å². The van der Waals surface area contributed by atoms with Crippen molar-refractivity contribution in [1.82, 2.24) is 0 Å². The third kappa shape index (κ3) is 4.11. The number of allylic oxidation sites excluding steroid dienone is 2. The molecule has 0 aliphatic heterocycles. The molecule has 28 heavy (non-hydrogen) atoms. The Balaban J connectivity index is 2.10. The maximum absolute atomic E-state index is 13.6. The number of esters is 1. The number of carbonyl (C=O) groups excluding carboxylic acids is 2. The van der Waals surface area contributed by atoms with Gasteiger partial charge in [-0.1, -0.05) is 23.2 Å². The second kappa shape index (κ2) is 7.89. The molecule has 0 unspecified atom stereocenters. The first kappa shape index (κ1) is 20.9. The summed E-state index contributed by atoms with van der Waals surface area (Å²) in [6, 6.07) is 3.49. The molecule has 148 valence electrons. The van der Waals surface area contributed by atoms with Crippen molar-refractivity contribution in [2.75, 3.05) is 7.11 Å². The van der Waals surface area contributed by atoms with Crippen molar-refractivity contribution in [3.05, 3.63) is 60.8 Å². The second-order valence-corrected chi connectivity index (χ2v) is 8.03. The van der Waals surface area contributed by atoms with Crippen LogP contribution in [0.25, 0.3) is 5.57 Å². The summed E-state index contributed by atoms with van der Waals surface area (Å²) >= 11 is 12.5. The average molecular weight is 449 g/mol. The molecular weight excluding hydrogens is 436 g/mol. The van der Waals surface area contributed by atoms with Gasteiger partial charge in [-0.05, 0) is 60.2 Å². The number of fused-ring (bicyclic) bond motifs is 1. The Labute approximate surface area is 172 Å². The first-order chi connectivity index (χ1) is 13.1. The van der Waals surface area contributed by atoms with Crippen LogP contribution in [0.1, 0.15) is 42.5 Å². The van der Waals surface area contributed by atoms with Crippen LogP contribution in [-0.2, 0) is 17.6 Å². The van der Waals surface area contributed by atoms with Crippen molar-refractivity contribution in [3.8, 4) is 0 Å². The fourth-order valence-electron chi connectivity index (χ4n) is 3.16. The molecule has 0 N–H and O–H groups in total. The number of rotatable bonds is 4. The number of methoxy groups -OCH3 is 1. The standard InChI is InChI=1S/C19H13Cl2F3O3S/c1-27-18(26)17-13-4-2-3-12(13)16(28-17)15(25)8-14(19(22,23)24)9-5-10(20)7-11(21)6-9/h5-8H,2-4H2,1H3/b14-8+. The summed E-state index contributed by atoms with van der Waals surface area (Å²) in [4.78, 5) is 25.1. The van der Waals surface area contributed by atoms with Crippen LogP contribution >= 0.6 is 34.5 Å². The number of halogens is 5. The maximum atomic E-state index is 13.6. The van der Waals surface area contributed by atoms with Crippen molar-refractivity contribution in [2.45, 2.75) is 25.4 Å². The largest absolute Gasteiger partial charge is 0.465 e. The van der Waals surface area contributed by atoms with Gasteiger partial charge in [0.25, 0.3) is 0 Å². The molecule has 1 aliphatic rings. The van der Waals surface area contributed by atoms with E-state index in [0.717, 1.165) is 29.9 Å². The van der Waals surface area contributed by atoms with Gasteiger partial charge >= 0.3 is 12.1 Å². The van der Waals surface area contributed by atoms with E-state index in [4.69, 9.17) is 27.9 Å². The molecule has 0 spiro atoms. The molecule has 0 bridgehead atoms. The van der Waals surface area contributed by atoms with Gasteiger partial charge in [0.05, 0.1) is 17.6 Å². The van der Waals surface area contributed by atoms with E-state index in [-0.39, 0.29) is 25.4 Å². The Morgan fingerprint density at radius 2 is 1.64 bits per heavy atom. The first-order valence-electron chi connectivity index (χ1n) is 8.14. The van der Waals surface area contributed by atoms with E-state index in [1.807, 2.05) is 0 Å². The van der Waals surface area contributed by atoms with E-state index < -0.39 is 23.5 Å². The molecule has 2 aromatic rings. The Bertz CT molecular complexity index is 973. The number of alkyl halides is 3. The summed E-state index contributed by atoms with van der Waals surface area (Å²) in [5.41, 5.74) is -0.147. The molecule has 0 amide bonds. The summed E-state index contributed by atoms with van der Waals surface area (Å²) in [6.07, 6.45) is -2.42. The lowest BCUT2D eigenvalue weighted by atomic mass is 10.0. The number of hydrogen-bond donors (Lipinski definition) is 0. The SMILES string of the molecule is COC(=O)c1sc(C(=O)/C=C(\c2cc(Cl)cc(Cl)c2)C(F)(F)F)c2c1CCC2. The van der Waals surface area contributed by atoms with Crippen molar-refractivity contribution in [2.24, 2.45) is 0 Å². The molecule has 1 aliphatic carbocycles. The number of ether oxygens (including phenoxy) is 1. The molecule has 9 heteroatoms. The van der Waals surface area contributed by atoms with Crippen LogP contribution in [0, 0.1) is 0 Å². The first-order valence-corrected chi connectivity index (χ1v) is 9.71. The van der Waals surface area contributed by atoms with Gasteiger partial charge in [-0.2, -0.15) is 13.2 Å². The highest BCUT2D eigenvalue weighted by atomic mass is 35.5. The van der Waals surface area contributed by atoms with Gasteiger partial charge in [-0.3, -0.25) is 4.79 Å². The predicted octanol–water partition coefficient (Wildman–Crippen LogP) is 6.16. The average Bonchev–Trinajstić information content (AvgIpc) is 3.19. The Morgan fingerprint density at radius 3 is 2.18 bits per heavy atom. The molecule has 3 nitrogen and oxygen atoms in total. The number of ketones is 1. The molecule has 3 rings (SSSR count). The van der Waals surface area contributed by atoms with Gasteiger partial charge in [0.15, 0.2) is 5.78 Å². The zero-order valence-electron chi connectivity index (χ0n) is 14.5. The van der Waals surface area contributed by atoms with Crippen molar-refractivity contribution < 1.29 is 27.5 Å². The molecule has 0 fully saturated rings. The van der Waals surface area contributed by atoms with Crippen LogP contribution in [0.15, 0.2) is 24.3 Å². The van der Waals surface area contributed by atoms with Crippen LogP contribution < -0.4 is 0 Å². The normalized spacial score (nSPS) is 14.1. The number of carbonyl (C=O) groups is 2. The Kier molecular flexibility index (Phi) is 5.89. The Morgan fingerprint density at radius 1 is 1.07 bits per heavy atom. The van der Waals surface area contributed by atoms with Crippen LogP contribution in [0.2, 0.25) is 10.0 Å². The molecule has 1 aromatic carbocycles. The monoisotopic (exact) mass is 448 g/mol. The van der Waals surface area contributed by atoms with E-state index >= 15 is 0 Å². The van der Waals surface area contributed by atoms with Gasteiger partial charge in [0.1, 0.15) is 4.88 Å². The third-order valence-electron chi connectivity index (χ3n) is 4.32. The van der Waals surface area contributed by atoms with E-state index in [0.29, 0.717) is 30.0 Å². The highest BCUT2D eigenvalue weighted by molar-refractivity contribution is 7.16. The van der Waals surface area contributed by atoms with Gasteiger partial charge < -0.3 is 4.74 Å². The maximum Gasteiger partial charge on any atom is 0.417 e. The van der Waals surface area contributed by atoms with Gasteiger partial charge in [0, 0.05) is 10.0 Å². The minimum absolute atomic E-state index is 0.0232. The summed E-state index contributed by atoms with van der Waals surface area (Å²) in [6.45, 7) is 0. The zero-order chi connectivity index (χ0) is 20.6. The highest BCUT2D eigenvalue weighted by Gasteiger charge is 2.37. The zero-order valence-corrected chi connectivity index (χ0v) is 16.8.